The van der Waals surface area contributed by atoms with Crippen molar-refractivity contribution in [3.63, 3.8) is 0 Å². The molecule has 0 spiro atoms. The van der Waals surface area contributed by atoms with Gasteiger partial charge in [-0.05, 0) is 37.1 Å². The van der Waals surface area contributed by atoms with Crippen LogP contribution in [0.2, 0.25) is 0 Å². The van der Waals surface area contributed by atoms with Crippen LogP contribution in [-0.2, 0) is 26.5 Å². The minimum Gasteiger partial charge on any atom is -0.460 e. The van der Waals surface area contributed by atoms with Crippen LogP contribution in [0.4, 0.5) is 0 Å². The fraction of sp³-hybridized carbons (Fsp3) is 0.0968. The van der Waals surface area contributed by atoms with E-state index in [1.54, 1.807) is 6.20 Å². The zero-order valence-electron chi connectivity index (χ0n) is 19.4. The first kappa shape index (κ1) is 23.2. The van der Waals surface area contributed by atoms with E-state index in [0.717, 1.165) is 22.4 Å². The van der Waals surface area contributed by atoms with E-state index in [4.69, 9.17) is 9.72 Å². The van der Waals surface area contributed by atoms with Crippen LogP contribution in [0.3, 0.4) is 0 Å². The van der Waals surface area contributed by atoms with Gasteiger partial charge >= 0.3 is 21.1 Å². The molecular weight excluding hydrogens is 611 g/mol. The van der Waals surface area contributed by atoms with E-state index in [-0.39, 0.29) is 21.1 Å². The molecule has 1 atom stereocenters. The Kier molecular flexibility index (Phi) is 6.13. The predicted molar refractivity (Wildman–Crippen MR) is 134 cm³/mol. The van der Waals surface area contributed by atoms with Crippen LogP contribution in [0.1, 0.15) is 29.3 Å². The maximum atomic E-state index is 5.92. The molecule has 0 radical (unpaired) electrons. The molecule has 2 aromatic heterocycles. The Morgan fingerprint density at radius 1 is 0.714 bits per heavy atom. The van der Waals surface area contributed by atoms with Crippen LogP contribution >= 0.6 is 0 Å². The average molecular weight is 634 g/mol. The smallest absolute Gasteiger partial charge is 0.460 e. The number of hydrogen-bond donors (Lipinski definition) is 0. The molecule has 3 nitrogen and oxygen atoms in total. The zero-order chi connectivity index (χ0) is 23.1. The Labute approximate surface area is 220 Å². The van der Waals surface area contributed by atoms with Gasteiger partial charge in [0.2, 0.25) is 5.88 Å². The summed E-state index contributed by atoms with van der Waals surface area (Å²) in [5, 5.41) is 0. The van der Waals surface area contributed by atoms with Gasteiger partial charge in [0, 0.05) is 29.6 Å². The number of pyridine rings is 2. The molecule has 3 aromatic carbocycles. The molecule has 35 heavy (non-hydrogen) atoms. The monoisotopic (exact) mass is 633 g/mol. The molecule has 2 heterocycles. The molecule has 0 aliphatic heterocycles. The van der Waals surface area contributed by atoms with Crippen molar-refractivity contribution >= 4 is 0 Å². The summed E-state index contributed by atoms with van der Waals surface area (Å²) >= 11 is 0. The van der Waals surface area contributed by atoms with Crippen molar-refractivity contribution in [1.82, 2.24) is 9.97 Å². The predicted octanol–water partition coefficient (Wildman–Crippen LogP) is 7.18. The van der Waals surface area contributed by atoms with E-state index in [9.17, 15) is 0 Å². The van der Waals surface area contributed by atoms with Crippen molar-refractivity contribution in [3.8, 4) is 33.9 Å². The van der Waals surface area contributed by atoms with Crippen LogP contribution < -0.4 is 4.74 Å². The molecule has 4 heteroatoms. The third kappa shape index (κ3) is 3.90. The molecule has 0 N–H and O–H groups in total. The Balaban J connectivity index is 0.00000253. The van der Waals surface area contributed by atoms with Gasteiger partial charge in [-0.2, -0.15) is 24.3 Å². The molecular formula is C31H22N2OPt. The fourth-order valence-electron chi connectivity index (χ4n) is 5.00. The van der Waals surface area contributed by atoms with E-state index in [1.165, 1.54) is 22.3 Å². The van der Waals surface area contributed by atoms with Gasteiger partial charge in [-0.25, -0.2) is 16.1 Å². The van der Waals surface area contributed by atoms with E-state index < -0.39 is 5.41 Å². The molecule has 0 fully saturated rings. The van der Waals surface area contributed by atoms with Gasteiger partial charge in [0.1, 0.15) is 0 Å². The Bertz CT molecular complexity index is 1520. The number of aryl methyl sites for hydroxylation is 1. The third-order valence-corrected chi connectivity index (χ3v) is 6.60. The van der Waals surface area contributed by atoms with Gasteiger partial charge in [0.05, 0.1) is 5.69 Å². The Hall–Kier alpha value is -3.55. The summed E-state index contributed by atoms with van der Waals surface area (Å²) in [6.07, 6.45) is 3.59. The van der Waals surface area contributed by atoms with Gasteiger partial charge in [-0.15, -0.1) is 23.8 Å². The van der Waals surface area contributed by atoms with Crippen molar-refractivity contribution in [2.24, 2.45) is 0 Å². The van der Waals surface area contributed by atoms with Crippen molar-refractivity contribution < 1.29 is 25.8 Å². The maximum Gasteiger partial charge on any atom is 2.00 e. The standard InChI is InChI=1S/C31H22N2O.Pt/c1-21-9-8-18-33-30(21)31(2)27-13-4-3-12-25(27)26-16-15-23(20-28(26)31)22-10-7-11-24(19-22)34-29-14-5-6-17-32-29;/h3-18H,1-2H3;/q-2;+2. The first-order chi connectivity index (χ1) is 16.6. The maximum absolute atomic E-state index is 5.92. The van der Waals surface area contributed by atoms with E-state index in [2.05, 4.69) is 73.4 Å². The minimum absolute atomic E-state index is 0. The summed E-state index contributed by atoms with van der Waals surface area (Å²) in [5.74, 6) is 1.17. The molecule has 0 saturated carbocycles. The second kappa shape index (κ2) is 9.24. The largest absolute Gasteiger partial charge is 2.00 e. The molecule has 1 aliphatic rings. The molecule has 0 amide bonds. The quantitative estimate of drug-likeness (QED) is 0.197. The first-order valence-corrected chi connectivity index (χ1v) is 11.3. The average Bonchev–Trinajstić information content (AvgIpc) is 3.14. The van der Waals surface area contributed by atoms with Gasteiger partial charge in [-0.1, -0.05) is 47.5 Å². The van der Waals surface area contributed by atoms with Crippen LogP contribution in [0.25, 0.3) is 22.3 Å². The summed E-state index contributed by atoms with van der Waals surface area (Å²) in [4.78, 5) is 9.09. The summed E-state index contributed by atoms with van der Waals surface area (Å²) in [7, 11) is 0. The number of fused-ring (bicyclic) bond motifs is 3. The van der Waals surface area contributed by atoms with Crippen molar-refractivity contribution in [3.05, 3.63) is 132 Å². The third-order valence-electron chi connectivity index (χ3n) is 6.60. The summed E-state index contributed by atoms with van der Waals surface area (Å²) in [5.41, 5.74) is 8.57. The van der Waals surface area contributed by atoms with Gasteiger partial charge in [-0.3, -0.25) is 4.98 Å². The molecule has 172 valence electrons. The molecule has 1 unspecified atom stereocenters. The normalized spacial score (nSPS) is 15.6. The number of aromatic nitrogens is 2. The van der Waals surface area contributed by atoms with Crippen molar-refractivity contribution in [1.29, 1.82) is 0 Å². The van der Waals surface area contributed by atoms with Crippen LogP contribution in [0.5, 0.6) is 11.6 Å². The first-order valence-electron chi connectivity index (χ1n) is 11.3. The molecule has 5 aromatic rings. The number of benzene rings is 3. The zero-order valence-corrected chi connectivity index (χ0v) is 21.6. The SMILES string of the molecule is Cc1cccnc1C1(C)c2[c-]c(-c3[c-]c(Oc4ccccn4)ccc3)ccc2-c2ccccc21.[Pt+2]. The molecule has 0 bridgehead atoms. The van der Waals surface area contributed by atoms with Gasteiger partial charge < -0.3 is 4.74 Å². The Morgan fingerprint density at radius 2 is 1.51 bits per heavy atom. The summed E-state index contributed by atoms with van der Waals surface area (Å²) in [6.45, 7) is 4.39. The molecule has 6 rings (SSSR count). The second-order valence-corrected chi connectivity index (χ2v) is 8.70. The summed E-state index contributed by atoms with van der Waals surface area (Å²) < 4.78 is 5.92. The number of ether oxygens (including phenoxy) is 1. The van der Waals surface area contributed by atoms with Gasteiger partial charge in [0.25, 0.3) is 0 Å². The summed E-state index contributed by atoms with van der Waals surface area (Å²) in [6, 6.07) is 35.7. The van der Waals surface area contributed by atoms with Crippen molar-refractivity contribution in [2.75, 3.05) is 0 Å². The van der Waals surface area contributed by atoms with Crippen LogP contribution in [-0.4, -0.2) is 9.97 Å². The van der Waals surface area contributed by atoms with E-state index in [0.29, 0.717) is 11.6 Å². The number of hydrogen-bond acceptors (Lipinski definition) is 3. The number of nitrogens with zero attached hydrogens (tertiary/aromatic N) is 2. The van der Waals surface area contributed by atoms with Gasteiger partial charge in [0.15, 0.2) is 0 Å². The molecule has 1 aliphatic carbocycles. The van der Waals surface area contributed by atoms with E-state index in [1.807, 2.05) is 48.7 Å². The second-order valence-electron chi connectivity index (χ2n) is 8.70. The number of rotatable bonds is 4. The topological polar surface area (TPSA) is 35.0 Å². The van der Waals surface area contributed by atoms with Crippen molar-refractivity contribution in [2.45, 2.75) is 19.3 Å². The fourth-order valence-corrected chi connectivity index (χ4v) is 5.00. The van der Waals surface area contributed by atoms with E-state index >= 15 is 0 Å². The van der Waals surface area contributed by atoms with Crippen LogP contribution in [0, 0.1) is 19.1 Å². The molecule has 0 saturated heterocycles. The minimum atomic E-state index is -0.394. The van der Waals surface area contributed by atoms with Crippen LogP contribution in [0.15, 0.2) is 97.3 Å². The Morgan fingerprint density at radius 3 is 2.34 bits per heavy atom.